The molecule has 0 saturated heterocycles. The van der Waals surface area contributed by atoms with E-state index in [0.29, 0.717) is 11.5 Å². The van der Waals surface area contributed by atoms with Crippen molar-refractivity contribution >= 4 is 20.7 Å². The fourth-order valence-corrected chi connectivity index (χ4v) is 2.75. The van der Waals surface area contributed by atoms with E-state index in [-0.39, 0.29) is 4.90 Å². The van der Waals surface area contributed by atoms with E-state index >= 15 is 0 Å². The maximum Gasteiger partial charge on any atom is 0.175 e. The van der Waals surface area contributed by atoms with Crippen LogP contribution in [0.3, 0.4) is 0 Å². The molecule has 0 amide bonds. The molecule has 0 saturated carbocycles. The zero-order chi connectivity index (χ0) is 15.0. The Morgan fingerprint density at radius 3 is 2.62 bits per heavy atom. The summed E-state index contributed by atoms with van der Waals surface area (Å²) in [5.41, 5.74) is 1.81. The van der Waals surface area contributed by atoms with Gasteiger partial charge in [0.2, 0.25) is 0 Å². The van der Waals surface area contributed by atoms with Gasteiger partial charge in [-0.3, -0.25) is 5.10 Å². The summed E-state index contributed by atoms with van der Waals surface area (Å²) in [4.78, 5) is 0.233. The first-order valence-corrected chi connectivity index (χ1v) is 8.25. The van der Waals surface area contributed by atoms with Crippen LogP contribution in [0.1, 0.15) is 5.69 Å². The Hall–Kier alpha value is -2.34. The molecule has 21 heavy (non-hydrogen) atoms. The van der Waals surface area contributed by atoms with Crippen LogP contribution >= 0.6 is 0 Å². The first kappa shape index (κ1) is 13.6. The molecule has 0 unspecified atom stereocenters. The van der Waals surface area contributed by atoms with Gasteiger partial charge in [-0.05, 0) is 37.3 Å². The number of ether oxygens (including phenoxy) is 1. The molecule has 0 atom stereocenters. The van der Waals surface area contributed by atoms with Gasteiger partial charge >= 0.3 is 0 Å². The predicted octanol–water partition coefficient (Wildman–Crippen LogP) is 3.07. The van der Waals surface area contributed by atoms with Crippen molar-refractivity contribution in [2.75, 3.05) is 6.26 Å². The summed E-state index contributed by atoms with van der Waals surface area (Å²) in [6.07, 6.45) is 1.17. The largest absolute Gasteiger partial charge is 0.457 e. The summed E-state index contributed by atoms with van der Waals surface area (Å²) in [6.45, 7) is 1.95. The highest BCUT2D eigenvalue weighted by molar-refractivity contribution is 7.90. The number of fused-ring (bicyclic) bond motifs is 1. The predicted molar refractivity (Wildman–Crippen MR) is 80.5 cm³/mol. The molecule has 3 rings (SSSR count). The third-order valence-corrected chi connectivity index (χ3v) is 4.30. The van der Waals surface area contributed by atoms with E-state index in [0.717, 1.165) is 16.6 Å². The lowest BCUT2D eigenvalue weighted by Crippen LogP contribution is -1.97. The molecule has 1 N–H and O–H groups in total. The Morgan fingerprint density at radius 2 is 1.86 bits per heavy atom. The molecular formula is C15H14N2O3S. The normalized spacial score (nSPS) is 11.7. The van der Waals surface area contributed by atoms with Gasteiger partial charge in [0.15, 0.2) is 9.84 Å². The molecule has 0 aliphatic carbocycles. The number of nitrogens with zero attached hydrogens (tertiary/aromatic N) is 1. The van der Waals surface area contributed by atoms with E-state index in [9.17, 15) is 8.42 Å². The van der Waals surface area contributed by atoms with E-state index < -0.39 is 9.84 Å². The quantitative estimate of drug-likeness (QED) is 0.807. The minimum atomic E-state index is -3.25. The summed E-state index contributed by atoms with van der Waals surface area (Å²) in [5, 5.41) is 8.12. The number of hydrogen-bond donors (Lipinski definition) is 1. The van der Waals surface area contributed by atoms with Gasteiger partial charge < -0.3 is 4.74 Å². The van der Waals surface area contributed by atoms with Crippen molar-refractivity contribution in [3.63, 3.8) is 0 Å². The Kier molecular flexibility index (Phi) is 3.17. The van der Waals surface area contributed by atoms with Crippen molar-refractivity contribution < 1.29 is 13.2 Å². The molecule has 6 heteroatoms. The smallest absolute Gasteiger partial charge is 0.175 e. The van der Waals surface area contributed by atoms with E-state index in [1.807, 2.05) is 25.1 Å². The van der Waals surface area contributed by atoms with Gasteiger partial charge in [0, 0.05) is 23.4 Å². The van der Waals surface area contributed by atoms with Crippen molar-refractivity contribution in [2.45, 2.75) is 11.8 Å². The summed E-state index contributed by atoms with van der Waals surface area (Å²) < 4.78 is 28.8. The molecule has 5 nitrogen and oxygen atoms in total. The van der Waals surface area contributed by atoms with Crippen LogP contribution < -0.4 is 4.74 Å². The zero-order valence-corrected chi connectivity index (χ0v) is 12.4. The average Bonchev–Trinajstić information content (AvgIpc) is 2.79. The van der Waals surface area contributed by atoms with Crippen LogP contribution in [0.4, 0.5) is 0 Å². The first-order valence-electron chi connectivity index (χ1n) is 6.36. The summed E-state index contributed by atoms with van der Waals surface area (Å²) in [7, 11) is -3.25. The summed E-state index contributed by atoms with van der Waals surface area (Å²) in [5.74, 6) is 1.09. The first-order chi connectivity index (χ1) is 9.93. The van der Waals surface area contributed by atoms with E-state index in [4.69, 9.17) is 4.74 Å². The van der Waals surface area contributed by atoms with Crippen LogP contribution in [-0.4, -0.2) is 24.9 Å². The fourth-order valence-electron chi connectivity index (χ4n) is 2.09. The SMILES string of the molecule is Cc1[nH]nc2cc(Oc3cccc(S(C)(=O)=O)c3)ccc12. The molecule has 1 aromatic heterocycles. The summed E-state index contributed by atoms with van der Waals surface area (Å²) >= 11 is 0. The standard InChI is InChI=1S/C15H14N2O3S/c1-10-14-7-6-12(9-15(14)17-16-10)20-11-4-3-5-13(8-11)21(2,18)19/h3-9H,1-2H3,(H,16,17). The lowest BCUT2D eigenvalue weighted by molar-refractivity contribution is 0.481. The topological polar surface area (TPSA) is 72.0 Å². The molecule has 3 aromatic rings. The van der Waals surface area contributed by atoms with Crippen molar-refractivity contribution in [2.24, 2.45) is 0 Å². The molecule has 0 aliphatic heterocycles. The lowest BCUT2D eigenvalue weighted by Gasteiger charge is -2.07. The fraction of sp³-hybridized carbons (Fsp3) is 0.133. The number of nitrogens with one attached hydrogen (secondary N) is 1. The van der Waals surface area contributed by atoms with Crippen LogP contribution in [0.5, 0.6) is 11.5 Å². The molecule has 0 aliphatic rings. The van der Waals surface area contributed by atoms with Gasteiger partial charge in [0.05, 0.1) is 10.4 Å². The maximum atomic E-state index is 11.5. The van der Waals surface area contributed by atoms with E-state index in [2.05, 4.69) is 10.2 Å². The third kappa shape index (κ3) is 2.75. The molecule has 1 heterocycles. The zero-order valence-electron chi connectivity index (χ0n) is 11.6. The number of aryl methyl sites for hydroxylation is 1. The number of aromatic amines is 1. The average molecular weight is 302 g/mol. The summed E-state index contributed by atoms with van der Waals surface area (Å²) in [6, 6.07) is 12.0. The Labute approximate surface area is 122 Å². The van der Waals surface area contributed by atoms with Gasteiger partial charge in [-0.2, -0.15) is 5.10 Å². The minimum absolute atomic E-state index is 0.233. The van der Waals surface area contributed by atoms with Crippen LogP contribution in [0.25, 0.3) is 10.9 Å². The second-order valence-corrected chi connectivity index (χ2v) is 6.89. The van der Waals surface area contributed by atoms with Crippen molar-refractivity contribution in [1.82, 2.24) is 10.2 Å². The molecule has 108 valence electrons. The highest BCUT2D eigenvalue weighted by Crippen LogP contribution is 2.27. The molecule has 0 radical (unpaired) electrons. The van der Waals surface area contributed by atoms with Gasteiger partial charge in [-0.1, -0.05) is 6.07 Å². The van der Waals surface area contributed by atoms with Crippen LogP contribution in [-0.2, 0) is 9.84 Å². The Morgan fingerprint density at radius 1 is 1.10 bits per heavy atom. The van der Waals surface area contributed by atoms with Gasteiger partial charge in [0.25, 0.3) is 0 Å². The minimum Gasteiger partial charge on any atom is -0.457 e. The number of benzene rings is 2. The molecule has 2 aromatic carbocycles. The number of aromatic nitrogens is 2. The van der Waals surface area contributed by atoms with Crippen LogP contribution in [0.2, 0.25) is 0 Å². The highest BCUT2D eigenvalue weighted by Gasteiger charge is 2.09. The maximum absolute atomic E-state index is 11.5. The van der Waals surface area contributed by atoms with Crippen molar-refractivity contribution in [1.29, 1.82) is 0 Å². The molecule has 0 spiro atoms. The van der Waals surface area contributed by atoms with Crippen molar-refractivity contribution in [3.8, 4) is 11.5 Å². The Bertz CT molecular complexity index is 914. The van der Waals surface area contributed by atoms with Crippen LogP contribution in [0, 0.1) is 6.92 Å². The highest BCUT2D eigenvalue weighted by atomic mass is 32.2. The van der Waals surface area contributed by atoms with Crippen LogP contribution in [0.15, 0.2) is 47.4 Å². The monoisotopic (exact) mass is 302 g/mol. The van der Waals surface area contributed by atoms with E-state index in [1.54, 1.807) is 18.2 Å². The molecule has 0 bridgehead atoms. The third-order valence-electron chi connectivity index (χ3n) is 3.19. The Balaban J connectivity index is 1.95. The second kappa shape index (κ2) is 4.89. The number of rotatable bonds is 3. The lowest BCUT2D eigenvalue weighted by atomic mass is 10.2. The number of hydrogen-bond acceptors (Lipinski definition) is 4. The number of H-pyrrole nitrogens is 1. The van der Waals surface area contributed by atoms with Gasteiger partial charge in [-0.25, -0.2) is 8.42 Å². The number of sulfone groups is 1. The molecule has 0 fully saturated rings. The van der Waals surface area contributed by atoms with E-state index in [1.165, 1.54) is 12.3 Å². The molecular weight excluding hydrogens is 288 g/mol. The second-order valence-electron chi connectivity index (χ2n) is 4.88. The van der Waals surface area contributed by atoms with Crippen molar-refractivity contribution in [3.05, 3.63) is 48.2 Å². The van der Waals surface area contributed by atoms with Gasteiger partial charge in [0.1, 0.15) is 11.5 Å². The van der Waals surface area contributed by atoms with Gasteiger partial charge in [-0.15, -0.1) is 0 Å².